The maximum atomic E-state index is 13.0. The summed E-state index contributed by atoms with van der Waals surface area (Å²) < 4.78 is 5.38. The number of aromatic nitrogens is 1. The number of hydrogen-bond donors (Lipinski definition) is 0. The van der Waals surface area contributed by atoms with Gasteiger partial charge in [-0.3, -0.25) is 9.69 Å². The Kier molecular flexibility index (Phi) is 5.49. The molecule has 2 aliphatic heterocycles. The molecule has 1 aromatic rings. The molecule has 0 saturated carbocycles. The lowest BCUT2D eigenvalue weighted by atomic mass is 9.85. The molecular formula is C19H32N4O2. The Morgan fingerprint density at radius 1 is 1.24 bits per heavy atom. The van der Waals surface area contributed by atoms with Gasteiger partial charge in [0.25, 0.3) is 5.91 Å². The Morgan fingerprint density at radius 3 is 2.64 bits per heavy atom. The van der Waals surface area contributed by atoms with E-state index in [-0.39, 0.29) is 11.4 Å². The average molecular weight is 348 g/mol. The van der Waals surface area contributed by atoms with Crippen molar-refractivity contribution in [3.05, 3.63) is 17.5 Å². The summed E-state index contributed by atoms with van der Waals surface area (Å²) in [6, 6.07) is 1.83. The Balaban J connectivity index is 1.74. The zero-order chi connectivity index (χ0) is 18.0. The van der Waals surface area contributed by atoms with Gasteiger partial charge in [0, 0.05) is 31.2 Å². The van der Waals surface area contributed by atoms with E-state index in [2.05, 4.69) is 42.9 Å². The van der Waals surface area contributed by atoms with Crippen LogP contribution in [0.1, 0.15) is 49.4 Å². The van der Waals surface area contributed by atoms with Gasteiger partial charge in [-0.1, -0.05) is 19.0 Å². The van der Waals surface area contributed by atoms with E-state index in [9.17, 15) is 4.79 Å². The van der Waals surface area contributed by atoms with Crippen LogP contribution in [-0.2, 0) is 6.42 Å². The number of amides is 1. The number of hydrogen-bond acceptors (Lipinski definition) is 5. The molecule has 0 radical (unpaired) electrons. The first kappa shape index (κ1) is 18.4. The van der Waals surface area contributed by atoms with E-state index in [0.29, 0.717) is 11.7 Å². The number of carbonyl (C=O) groups excluding carboxylic acids is 1. The number of likely N-dealkylation sites (tertiary alicyclic amines) is 1. The number of carbonyl (C=O) groups is 1. The van der Waals surface area contributed by atoms with Crippen molar-refractivity contribution < 1.29 is 9.32 Å². The van der Waals surface area contributed by atoms with E-state index in [1.165, 1.54) is 0 Å². The van der Waals surface area contributed by atoms with Crippen molar-refractivity contribution in [3.8, 4) is 0 Å². The maximum absolute atomic E-state index is 13.0. The van der Waals surface area contributed by atoms with Crippen LogP contribution in [0.3, 0.4) is 0 Å². The molecule has 1 aromatic heterocycles. The highest BCUT2D eigenvalue weighted by molar-refractivity contribution is 5.91. The minimum Gasteiger partial charge on any atom is -0.351 e. The minimum atomic E-state index is -0.00360. The second-order valence-electron chi connectivity index (χ2n) is 8.31. The van der Waals surface area contributed by atoms with Crippen LogP contribution in [0.25, 0.3) is 0 Å². The molecule has 6 nitrogen and oxygen atoms in total. The largest absolute Gasteiger partial charge is 0.351 e. The average Bonchev–Trinajstić information content (AvgIpc) is 2.96. The summed E-state index contributed by atoms with van der Waals surface area (Å²) in [6.07, 6.45) is 4.07. The molecule has 0 aliphatic carbocycles. The molecule has 0 aromatic carbocycles. The molecule has 25 heavy (non-hydrogen) atoms. The van der Waals surface area contributed by atoms with Gasteiger partial charge in [0.15, 0.2) is 0 Å². The summed E-state index contributed by atoms with van der Waals surface area (Å²) in [5, 5.41) is 4.09. The summed E-state index contributed by atoms with van der Waals surface area (Å²) in [4.78, 5) is 19.9. The fourth-order valence-electron chi connectivity index (χ4n) is 4.12. The Labute approximate surface area is 151 Å². The molecule has 3 heterocycles. The smallest absolute Gasteiger partial charge is 0.292 e. The monoisotopic (exact) mass is 348 g/mol. The lowest BCUT2D eigenvalue weighted by molar-refractivity contribution is 0.0302. The van der Waals surface area contributed by atoms with Crippen LogP contribution in [0.2, 0.25) is 0 Å². The van der Waals surface area contributed by atoms with Gasteiger partial charge in [-0.2, -0.15) is 0 Å². The van der Waals surface area contributed by atoms with Crippen molar-refractivity contribution in [1.82, 2.24) is 19.9 Å². The third-order valence-corrected chi connectivity index (χ3v) is 5.81. The van der Waals surface area contributed by atoms with E-state index in [4.69, 9.17) is 4.52 Å². The molecule has 0 atom stereocenters. The molecule has 2 saturated heterocycles. The molecule has 140 valence electrons. The molecule has 6 heteroatoms. The standard InChI is InChI=1S/C19H32N4O2/c1-15(2)12-16-13-17(25-20-16)18(24)23-9-5-8-22(4)19(14-23)6-10-21(3)11-7-19/h13,15H,5-12,14H2,1-4H3. The minimum absolute atomic E-state index is 0.00360. The van der Waals surface area contributed by atoms with Gasteiger partial charge >= 0.3 is 0 Å². The van der Waals surface area contributed by atoms with E-state index in [0.717, 1.165) is 64.1 Å². The molecule has 3 rings (SSSR count). The summed E-state index contributed by atoms with van der Waals surface area (Å²) in [6.45, 7) is 9.09. The highest BCUT2D eigenvalue weighted by Gasteiger charge is 2.41. The molecule has 1 spiro atoms. The molecule has 2 aliphatic rings. The molecule has 0 N–H and O–H groups in total. The summed E-state index contributed by atoms with van der Waals surface area (Å²) >= 11 is 0. The van der Waals surface area contributed by atoms with Crippen LogP contribution in [-0.4, -0.2) is 78.1 Å². The summed E-state index contributed by atoms with van der Waals surface area (Å²) in [7, 11) is 4.39. The van der Waals surface area contributed by atoms with Gasteiger partial charge in [0.2, 0.25) is 5.76 Å². The quantitative estimate of drug-likeness (QED) is 0.837. The second-order valence-corrected chi connectivity index (χ2v) is 8.31. The van der Waals surface area contributed by atoms with Gasteiger partial charge in [0.05, 0.1) is 5.69 Å². The highest BCUT2D eigenvalue weighted by Crippen LogP contribution is 2.31. The van der Waals surface area contributed by atoms with Gasteiger partial charge in [-0.05, 0) is 58.8 Å². The van der Waals surface area contributed by atoms with Crippen molar-refractivity contribution in [2.24, 2.45) is 5.92 Å². The van der Waals surface area contributed by atoms with E-state index in [1.807, 2.05) is 11.0 Å². The first-order valence-corrected chi connectivity index (χ1v) is 9.54. The third kappa shape index (κ3) is 4.06. The highest BCUT2D eigenvalue weighted by atomic mass is 16.5. The van der Waals surface area contributed by atoms with Crippen molar-refractivity contribution >= 4 is 5.91 Å². The predicted molar refractivity (Wildman–Crippen MR) is 97.7 cm³/mol. The summed E-state index contributed by atoms with van der Waals surface area (Å²) in [5.41, 5.74) is 0.971. The predicted octanol–water partition coefficient (Wildman–Crippen LogP) is 2.12. The van der Waals surface area contributed by atoms with Crippen LogP contribution in [0.5, 0.6) is 0 Å². The Bertz CT molecular complexity index is 590. The van der Waals surface area contributed by atoms with E-state index in [1.54, 1.807) is 0 Å². The zero-order valence-corrected chi connectivity index (χ0v) is 16.1. The van der Waals surface area contributed by atoms with Gasteiger partial charge in [-0.25, -0.2) is 0 Å². The molecule has 0 bridgehead atoms. The van der Waals surface area contributed by atoms with E-state index >= 15 is 0 Å². The summed E-state index contributed by atoms with van der Waals surface area (Å²) in [5.74, 6) is 0.891. The third-order valence-electron chi connectivity index (χ3n) is 5.81. The van der Waals surface area contributed by atoms with Crippen molar-refractivity contribution in [3.63, 3.8) is 0 Å². The molecular weight excluding hydrogens is 316 g/mol. The number of likely N-dealkylation sites (N-methyl/N-ethyl adjacent to an activating group) is 1. The van der Waals surface area contributed by atoms with Crippen molar-refractivity contribution in [1.29, 1.82) is 0 Å². The van der Waals surface area contributed by atoms with Crippen LogP contribution in [0.15, 0.2) is 10.6 Å². The lowest BCUT2D eigenvalue weighted by Gasteiger charge is -2.47. The van der Waals surface area contributed by atoms with Gasteiger partial charge in [-0.15, -0.1) is 0 Å². The Hall–Kier alpha value is -1.40. The SMILES string of the molecule is CC(C)Cc1cc(C(=O)N2CCCN(C)C3(CCN(C)CC3)C2)on1. The number of piperidine rings is 1. The molecule has 0 unspecified atom stereocenters. The lowest BCUT2D eigenvalue weighted by Crippen LogP contribution is -2.58. The zero-order valence-electron chi connectivity index (χ0n) is 16.1. The molecule has 1 amide bonds. The van der Waals surface area contributed by atoms with Crippen LogP contribution < -0.4 is 0 Å². The topological polar surface area (TPSA) is 52.8 Å². The van der Waals surface area contributed by atoms with E-state index < -0.39 is 0 Å². The number of nitrogens with zero attached hydrogens (tertiary/aromatic N) is 4. The van der Waals surface area contributed by atoms with Crippen molar-refractivity contribution in [2.45, 2.75) is 45.1 Å². The first-order chi connectivity index (χ1) is 11.9. The van der Waals surface area contributed by atoms with Crippen molar-refractivity contribution in [2.75, 3.05) is 46.8 Å². The fourth-order valence-corrected chi connectivity index (χ4v) is 4.12. The van der Waals surface area contributed by atoms with Crippen LogP contribution in [0.4, 0.5) is 0 Å². The maximum Gasteiger partial charge on any atom is 0.292 e. The number of rotatable bonds is 3. The van der Waals surface area contributed by atoms with Gasteiger partial charge in [0.1, 0.15) is 0 Å². The fraction of sp³-hybridized carbons (Fsp3) is 0.789. The first-order valence-electron chi connectivity index (χ1n) is 9.54. The van der Waals surface area contributed by atoms with Gasteiger partial charge < -0.3 is 14.3 Å². The van der Waals surface area contributed by atoms with Crippen LogP contribution in [0, 0.1) is 5.92 Å². The molecule has 2 fully saturated rings. The second kappa shape index (κ2) is 7.46. The van der Waals surface area contributed by atoms with Crippen LogP contribution >= 0.6 is 0 Å². The Morgan fingerprint density at radius 2 is 1.96 bits per heavy atom. The normalized spacial score (nSPS) is 22.5.